The van der Waals surface area contributed by atoms with Crippen molar-refractivity contribution in [3.63, 3.8) is 0 Å². The van der Waals surface area contributed by atoms with E-state index in [-0.39, 0.29) is 37.6 Å². The van der Waals surface area contributed by atoms with Gasteiger partial charge in [-0.05, 0) is 298 Å². The van der Waals surface area contributed by atoms with Crippen LogP contribution in [0.2, 0.25) is 0 Å². The molecular weight excluding hydrogens is 1260 g/mol. The second-order valence-corrected chi connectivity index (χ2v) is 25.6. The molecule has 4 saturated heterocycles. The molecule has 4 fully saturated rings. The van der Waals surface area contributed by atoms with Crippen LogP contribution in [0, 0.1) is 99.6 Å². The zero-order valence-electron chi connectivity index (χ0n) is 56.3. The van der Waals surface area contributed by atoms with Gasteiger partial charge in [0.25, 0.3) is 22.3 Å². The Labute approximate surface area is 564 Å². The summed E-state index contributed by atoms with van der Waals surface area (Å²) < 4.78 is 0. The summed E-state index contributed by atoms with van der Waals surface area (Å²) in [6.45, 7) is 32.8. The first-order valence-corrected chi connectivity index (χ1v) is 33.8. The first-order chi connectivity index (χ1) is 44.3. The zero-order chi connectivity index (χ0) is 68.1. The van der Waals surface area contributed by atoms with Crippen LogP contribution in [0.5, 0.6) is 0 Å². The predicted octanol–water partition coefficient (Wildman–Crippen LogP) is 17.4. The number of Topliss-reactive ketones (excluding diaryl/α,β-unsaturated/α-hetero) is 1. The van der Waals surface area contributed by atoms with E-state index in [2.05, 4.69) is 94.0 Å². The van der Waals surface area contributed by atoms with E-state index in [1.807, 2.05) is 77.9 Å². The smallest absolute Gasteiger partial charge is 0.269 e. The summed E-state index contributed by atoms with van der Waals surface area (Å²) in [6.07, 6.45) is 11.1. The quantitative estimate of drug-likeness (QED) is 0.0259. The van der Waals surface area contributed by atoms with Crippen LogP contribution in [0.25, 0.3) is 0 Å². The average molecular weight is 1350 g/mol. The number of hydrogen-bond donors (Lipinski definition) is 2. The van der Waals surface area contributed by atoms with Gasteiger partial charge in [0.1, 0.15) is 0 Å². The normalized spacial score (nSPS) is 14.2. The number of anilines is 1. The van der Waals surface area contributed by atoms with Gasteiger partial charge in [-0.2, -0.15) is 0 Å². The molecule has 4 aliphatic rings. The molecule has 0 spiro atoms. The number of nitro groups is 3. The Balaban J connectivity index is 0.000000204. The minimum atomic E-state index is -0.395. The zero-order valence-corrected chi connectivity index (χ0v) is 58.6. The van der Waals surface area contributed by atoms with Crippen LogP contribution >= 0.6 is 27.5 Å². The number of ketones is 1. The van der Waals surface area contributed by atoms with E-state index in [1.54, 1.807) is 48.5 Å². The van der Waals surface area contributed by atoms with Crippen molar-refractivity contribution in [2.45, 2.75) is 152 Å². The van der Waals surface area contributed by atoms with Crippen LogP contribution in [0.15, 0.2) is 127 Å². The number of nitro benzene ring substituents is 3. The fourth-order valence-electron chi connectivity index (χ4n) is 10.9. The number of halogens is 2. The van der Waals surface area contributed by atoms with Crippen molar-refractivity contribution in [2.75, 3.05) is 58.1 Å². The second kappa shape index (κ2) is 39.3. The molecule has 3 N–H and O–H groups in total. The molecule has 0 aliphatic carbocycles. The lowest BCUT2D eigenvalue weighted by Crippen LogP contribution is -2.19. The van der Waals surface area contributed by atoms with Crippen molar-refractivity contribution in [3.8, 4) is 0 Å². The molecule has 16 nitrogen and oxygen atoms in total. The maximum absolute atomic E-state index is 12.5. The van der Waals surface area contributed by atoms with E-state index in [9.17, 15) is 39.9 Å². The van der Waals surface area contributed by atoms with Crippen LogP contribution in [0.1, 0.15) is 156 Å². The Morgan fingerprint density at radius 2 is 0.774 bits per heavy atom. The molecule has 0 bridgehead atoms. The number of alkyl halides is 1. The standard InChI is InChI=1S/C22H27NO.C12H16N2O2.C12H18N2.C9H9ClO.C8H8BrNO2.C8H9NO2.C4H9N/c1-16-6-8-20(13-17(16)2)22(24)14-19-7-9-21(18(3)12-19)15-23-10-4-5-11-23;1-10-8-12(14(15)16)5-4-11(10)9-13-6-2-3-7-13;1-10-8-12(13)5-4-11(10)9-14-6-2-3-7-14;1-6-3-4-8(9(10)11)5-7(6)2;1-6-4-8(10(11)12)3-2-7(6)5-9;1-6-3-4-8(9(10)11)5-7(6)2;1-2-4-5-3-1/h6-9,12-13H,4-5,10-11,14-15H2,1-3H3;4-5,8H,2-3,6-7,9H2,1H3;4-5,8H,2-3,6-7,9,13H2,1H3;3-5H,1-2H3;2-4H,5H2,1H3;3-5H,1-2H3;5H,1-4H2. The maximum Gasteiger partial charge on any atom is 0.269 e. The minimum Gasteiger partial charge on any atom is -0.399 e. The molecule has 18 heteroatoms. The van der Waals surface area contributed by atoms with Crippen molar-refractivity contribution in [1.82, 2.24) is 20.0 Å². The number of nitrogen functional groups attached to an aromatic ring is 1. The van der Waals surface area contributed by atoms with Gasteiger partial charge in [-0.3, -0.25) is 54.6 Å². The van der Waals surface area contributed by atoms with Gasteiger partial charge in [0.05, 0.1) is 14.8 Å². The van der Waals surface area contributed by atoms with Crippen molar-refractivity contribution in [1.29, 1.82) is 0 Å². The highest BCUT2D eigenvalue weighted by molar-refractivity contribution is 9.08. The first kappa shape index (κ1) is 76.2. The maximum atomic E-state index is 12.5. The molecule has 0 aromatic heterocycles. The topological polar surface area (TPSA) is 211 Å². The molecule has 11 rings (SSSR count). The lowest BCUT2D eigenvalue weighted by atomic mass is 9.97. The van der Waals surface area contributed by atoms with Gasteiger partial charge >= 0.3 is 0 Å². The van der Waals surface area contributed by atoms with E-state index in [4.69, 9.17) is 17.3 Å². The lowest BCUT2D eigenvalue weighted by molar-refractivity contribution is -0.385. The van der Waals surface area contributed by atoms with Gasteiger partial charge in [-0.25, -0.2) is 0 Å². The molecule has 93 heavy (non-hydrogen) atoms. The number of nitrogens with one attached hydrogen (secondary N) is 1. The summed E-state index contributed by atoms with van der Waals surface area (Å²) in [5.74, 6) is 0.199. The van der Waals surface area contributed by atoms with Gasteiger partial charge in [0, 0.05) is 84.6 Å². The predicted molar refractivity (Wildman–Crippen MR) is 383 cm³/mol. The van der Waals surface area contributed by atoms with E-state index in [0.717, 1.165) is 88.2 Å². The molecule has 498 valence electrons. The highest BCUT2D eigenvalue weighted by Crippen LogP contribution is 2.24. The van der Waals surface area contributed by atoms with Crippen LogP contribution < -0.4 is 11.1 Å². The molecule has 7 aromatic rings. The average Bonchev–Trinajstić information content (AvgIpc) is 3.34. The molecule has 0 saturated carbocycles. The van der Waals surface area contributed by atoms with Crippen molar-refractivity contribution < 1.29 is 24.4 Å². The van der Waals surface area contributed by atoms with Crippen molar-refractivity contribution >= 4 is 61.3 Å². The molecule has 4 heterocycles. The van der Waals surface area contributed by atoms with Crippen molar-refractivity contribution in [2.24, 2.45) is 0 Å². The van der Waals surface area contributed by atoms with Gasteiger partial charge < -0.3 is 11.1 Å². The molecule has 7 aromatic carbocycles. The summed E-state index contributed by atoms with van der Waals surface area (Å²) in [5, 5.41) is 34.8. The highest BCUT2D eigenvalue weighted by atomic mass is 79.9. The molecule has 4 aliphatic heterocycles. The molecule has 0 unspecified atom stereocenters. The summed E-state index contributed by atoms with van der Waals surface area (Å²) in [4.78, 5) is 60.8. The molecular formula is C75H96BrClN8O8. The number of non-ortho nitro benzene ring substituents is 3. The fraction of sp³-hybridized carbons (Fsp3) is 0.413. The fourth-order valence-corrected chi connectivity index (χ4v) is 11.7. The van der Waals surface area contributed by atoms with Crippen LogP contribution in [-0.4, -0.2) is 92.9 Å². The Bertz CT molecular complexity index is 3540. The third-order valence-corrected chi connectivity index (χ3v) is 18.2. The van der Waals surface area contributed by atoms with Gasteiger partial charge in [0.2, 0.25) is 0 Å². The van der Waals surface area contributed by atoms with Crippen LogP contribution in [0.4, 0.5) is 22.7 Å². The van der Waals surface area contributed by atoms with Crippen LogP contribution in [-0.2, 0) is 31.4 Å². The largest absolute Gasteiger partial charge is 0.399 e. The number of hydrogen-bond acceptors (Lipinski definition) is 13. The number of rotatable bonds is 14. The number of carbonyl (C=O) groups is 2. The SMILES string of the molecule is C1CCNC1.Cc1cc(N)ccc1CN1CCCC1.Cc1cc([N+](=O)[O-])ccc1CBr.Cc1cc([N+](=O)[O-])ccc1CN1CCCC1.Cc1ccc(C(=O)Cc2ccc(CN3CCCC3)c(C)c2)cc1C.Cc1ccc(C(=O)Cl)cc1C.Cc1ccc([N+](=O)[O-])cc1C. The van der Waals surface area contributed by atoms with Crippen LogP contribution in [0.3, 0.4) is 0 Å². The lowest BCUT2D eigenvalue weighted by Gasteiger charge is -2.17. The third kappa shape index (κ3) is 26.4. The summed E-state index contributed by atoms with van der Waals surface area (Å²) >= 11 is 8.59. The van der Waals surface area contributed by atoms with E-state index < -0.39 is 5.24 Å². The Morgan fingerprint density at radius 1 is 0.430 bits per heavy atom. The van der Waals surface area contributed by atoms with E-state index in [1.165, 1.54) is 147 Å². The molecule has 0 radical (unpaired) electrons. The summed E-state index contributed by atoms with van der Waals surface area (Å²) in [6, 6.07) is 39.0. The van der Waals surface area contributed by atoms with E-state index in [0.29, 0.717) is 12.0 Å². The highest BCUT2D eigenvalue weighted by Gasteiger charge is 2.18. The second-order valence-electron chi connectivity index (χ2n) is 24.7. The molecule has 0 amide bonds. The van der Waals surface area contributed by atoms with Crippen molar-refractivity contribution in [3.05, 3.63) is 252 Å². The van der Waals surface area contributed by atoms with Gasteiger partial charge in [-0.15, -0.1) is 0 Å². The number of carbonyl (C=O) groups excluding carboxylic acids is 2. The number of nitrogens with two attached hydrogens (primary N) is 1. The number of benzene rings is 7. The van der Waals surface area contributed by atoms with Gasteiger partial charge in [0.15, 0.2) is 5.78 Å². The number of likely N-dealkylation sites (tertiary alicyclic amines) is 3. The third-order valence-electron chi connectivity index (χ3n) is 17.4. The van der Waals surface area contributed by atoms with E-state index >= 15 is 0 Å². The first-order valence-electron chi connectivity index (χ1n) is 32.3. The van der Waals surface area contributed by atoms with Gasteiger partial charge in [-0.1, -0.05) is 76.6 Å². The Kier molecular flexibility index (Phi) is 32.2. The Morgan fingerprint density at radius 3 is 1.13 bits per heavy atom. The Hall–Kier alpha value is -7.51. The molecule has 0 atom stereocenters. The summed E-state index contributed by atoms with van der Waals surface area (Å²) in [7, 11) is 0. The number of aryl methyl sites for hydroxylation is 10. The minimum absolute atomic E-state index is 0.150. The number of nitrogens with zero attached hydrogens (tertiary/aromatic N) is 6. The summed E-state index contributed by atoms with van der Waals surface area (Å²) in [5.41, 5.74) is 26.0. The monoisotopic (exact) mass is 1350 g/mol.